The minimum Gasteiger partial charge on any atom is -0.452 e. The van der Waals surface area contributed by atoms with Gasteiger partial charge in [-0.25, -0.2) is 14.6 Å². The molecular weight excluding hydrogens is 430 g/mol. The number of nitrogens with zero attached hydrogens (tertiary/aromatic N) is 1. The number of urea groups is 1. The van der Waals surface area contributed by atoms with Crippen molar-refractivity contribution < 1.29 is 19.1 Å². The number of hydrogen-bond donors (Lipinski definition) is 2. The van der Waals surface area contributed by atoms with Crippen molar-refractivity contribution in [2.75, 3.05) is 6.61 Å². The van der Waals surface area contributed by atoms with Crippen LogP contribution in [0.25, 0.3) is 22.6 Å². The van der Waals surface area contributed by atoms with Gasteiger partial charge in [-0.1, -0.05) is 48.0 Å². The van der Waals surface area contributed by atoms with E-state index < -0.39 is 24.5 Å². The average molecular weight is 458 g/mol. The Hall–Kier alpha value is -4.00. The SMILES string of the molecule is Cc1ccc(C=C2CCc3c2nc2ccccc2c3C(=O)OCC(=O)NC(=O)NC(C)C)cc1. The van der Waals surface area contributed by atoms with Crippen molar-refractivity contribution >= 4 is 40.5 Å². The van der Waals surface area contributed by atoms with Gasteiger partial charge in [0.25, 0.3) is 5.91 Å². The van der Waals surface area contributed by atoms with Gasteiger partial charge < -0.3 is 10.1 Å². The van der Waals surface area contributed by atoms with Gasteiger partial charge >= 0.3 is 12.0 Å². The number of fused-ring (bicyclic) bond motifs is 2. The van der Waals surface area contributed by atoms with Gasteiger partial charge in [-0.05, 0) is 62.5 Å². The van der Waals surface area contributed by atoms with Gasteiger partial charge in [-0.2, -0.15) is 0 Å². The second-order valence-corrected chi connectivity index (χ2v) is 8.66. The number of ether oxygens (including phenoxy) is 1. The van der Waals surface area contributed by atoms with Crippen molar-refractivity contribution in [3.63, 3.8) is 0 Å². The van der Waals surface area contributed by atoms with E-state index in [0.29, 0.717) is 22.9 Å². The summed E-state index contributed by atoms with van der Waals surface area (Å²) in [6.45, 7) is 5.05. The van der Waals surface area contributed by atoms with Gasteiger partial charge in [0.1, 0.15) is 0 Å². The van der Waals surface area contributed by atoms with Crippen LogP contribution >= 0.6 is 0 Å². The van der Waals surface area contributed by atoms with Crippen LogP contribution in [0.15, 0.2) is 48.5 Å². The zero-order valence-electron chi connectivity index (χ0n) is 19.5. The molecule has 4 rings (SSSR count). The molecule has 174 valence electrons. The van der Waals surface area contributed by atoms with E-state index in [4.69, 9.17) is 9.72 Å². The normalized spacial score (nSPS) is 13.7. The number of benzene rings is 2. The van der Waals surface area contributed by atoms with E-state index >= 15 is 0 Å². The summed E-state index contributed by atoms with van der Waals surface area (Å²) in [5.41, 5.74) is 6.03. The summed E-state index contributed by atoms with van der Waals surface area (Å²) in [4.78, 5) is 41.8. The van der Waals surface area contributed by atoms with Gasteiger partial charge in [-0.15, -0.1) is 0 Å². The van der Waals surface area contributed by atoms with Crippen LogP contribution in [-0.2, 0) is 16.0 Å². The molecule has 0 spiro atoms. The van der Waals surface area contributed by atoms with Crippen molar-refractivity contribution in [1.29, 1.82) is 0 Å². The Balaban J connectivity index is 1.62. The van der Waals surface area contributed by atoms with Crippen LogP contribution in [0.2, 0.25) is 0 Å². The van der Waals surface area contributed by atoms with Crippen molar-refractivity contribution in [3.05, 3.63) is 76.5 Å². The quantitative estimate of drug-likeness (QED) is 0.553. The number of imide groups is 1. The van der Waals surface area contributed by atoms with E-state index in [0.717, 1.165) is 28.8 Å². The first-order valence-corrected chi connectivity index (χ1v) is 11.3. The maximum atomic E-state index is 13.1. The lowest BCUT2D eigenvalue weighted by Crippen LogP contribution is -2.44. The molecule has 1 heterocycles. The molecular formula is C27H27N3O4. The number of esters is 1. The lowest BCUT2D eigenvalue weighted by molar-refractivity contribution is -0.123. The molecule has 1 aromatic heterocycles. The third-order valence-corrected chi connectivity index (χ3v) is 5.57. The van der Waals surface area contributed by atoms with Crippen LogP contribution in [0.4, 0.5) is 4.79 Å². The molecule has 7 nitrogen and oxygen atoms in total. The maximum Gasteiger partial charge on any atom is 0.339 e. The number of amides is 3. The number of aryl methyl sites for hydroxylation is 1. The van der Waals surface area contributed by atoms with Crippen LogP contribution in [0.1, 0.15) is 53.0 Å². The summed E-state index contributed by atoms with van der Waals surface area (Å²) in [7, 11) is 0. The zero-order valence-corrected chi connectivity index (χ0v) is 19.5. The fraction of sp³-hybridized carbons (Fsp3) is 0.259. The Bertz CT molecular complexity index is 1290. The zero-order chi connectivity index (χ0) is 24.2. The molecule has 2 aromatic carbocycles. The topological polar surface area (TPSA) is 97.4 Å². The molecule has 7 heteroatoms. The van der Waals surface area contributed by atoms with Crippen molar-refractivity contribution in [1.82, 2.24) is 15.6 Å². The van der Waals surface area contributed by atoms with Gasteiger partial charge in [0.05, 0.1) is 16.8 Å². The Kier molecular flexibility index (Phi) is 6.72. The first-order chi connectivity index (χ1) is 16.3. The summed E-state index contributed by atoms with van der Waals surface area (Å²) >= 11 is 0. The third-order valence-electron chi connectivity index (χ3n) is 5.57. The number of carbonyl (C=O) groups is 3. The average Bonchev–Trinajstić information content (AvgIpc) is 3.18. The minimum absolute atomic E-state index is 0.122. The van der Waals surface area contributed by atoms with Crippen molar-refractivity contribution in [2.45, 2.75) is 39.7 Å². The molecule has 0 atom stereocenters. The Morgan fingerprint density at radius 2 is 1.79 bits per heavy atom. The number of para-hydroxylation sites is 1. The van der Waals surface area contributed by atoms with E-state index in [9.17, 15) is 14.4 Å². The summed E-state index contributed by atoms with van der Waals surface area (Å²) in [6, 6.07) is 14.9. The maximum absolute atomic E-state index is 13.1. The van der Waals surface area contributed by atoms with Crippen molar-refractivity contribution in [3.8, 4) is 0 Å². The number of rotatable bonds is 5. The smallest absolute Gasteiger partial charge is 0.339 e. The summed E-state index contributed by atoms with van der Waals surface area (Å²) in [5, 5.41) is 5.39. The van der Waals surface area contributed by atoms with Crippen LogP contribution in [0, 0.1) is 6.92 Å². The number of pyridine rings is 1. The molecule has 1 aliphatic rings. The molecule has 3 aromatic rings. The molecule has 0 fully saturated rings. The first kappa shape index (κ1) is 23.2. The molecule has 0 radical (unpaired) electrons. The summed E-state index contributed by atoms with van der Waals surface area (Å²) in [5.74, 6) is -1.30. The second-order valence-electron chi connectivity index (χ2n) is 8.66. The predicted molar refractivity (Wildman–Crippen MR) is 131 cm³/mol. The van der Waals surface area contributed by atoms with Crippen LogP contribution < -0.4 is 10.6 Å². The highest BCUT2D eigenvalue weighted by Crippen LogP contribution is 2.37. The monoisotopic (exact) mass is 457 g/mol. The number of allylic oxidation sites excluding steroid dienone is 1. The lowest BCUT2D eigenvalue weighted by atomic mass is 10.0. The molecule has 0 saturated carbocycles. The highest BCUT2D eigenvalue weighted by Gasteiger charge is 2.28. The molecule has 0 saturated heterocycles. The number of aromatic nitrogens is 1. The van der Waals surface area contributed by atoms with Crippen molar-refractivity contribution in [2.24, 2.45) is 0 Å². The van der Waals surface area contributed by atoms with E-state index in [1.807, 2.05) is 31.2 Å². The number of nitrogens with one attached hydrogen (secondary N) is 2. The highest BCUT2D eigenvalue weighted by molar-refractivity contribution is 6.08. The largest absolute Gasteiger partial charge is 0.452 e. The van der Waals surface area contributed by atoms with E-state index in [-0.39, 0.29) is 6.04 Å². The van der Waals surface area contributed by atoms with E-state index in [1.54, 1.807) is 13.8 Å². The molecule has 0 bridgehead atoms. The van der Waals surface area contributed by atoms with Crippen LogP contribution in [0.5, 0.6) is 0 Å². The molecule has 34 heavy (non-hydrogen) atoms. The standard InChI is InChI=1S/C27H27N3O4/c1-16(2)28-27(33)30-23(31)15-34-26(32)24-20-6-4-5-7-22(20)29-25-19(12-13-21(24)25)14-18-10-8-17(3)9-11-18/h4-11,14,16H,12-13,15H2,1-3H3,(H2,28,30,31,33). The molecule has 1 aliphatic carbocycles. The van der Waals surface area contributed by atoms with Gasteiger partial charge in [0.15, 0.2) is 6.61 Å². The Morgan fingerprint density at radius 3 is 2.53 bits per heavy atom. The van der Waals surface area contributed by atoms with Crippen LogP contribution in [0.3, 0.4) is 0 Å². The van der Waals surface area contributed by atoms with Gasteiger partial charge in [-0.3, -0.25) is 10.1 Å². The summed E-state index contributed by atoms with van der Waals surface area (Å²) in [6.07, 6.45) is 3.50. The second kappa shape index (κ2) is 9.87. The molecule has 0 unspecified atom stereocenters. The van der Waals surface area contributed by atoms with Gasteiger partial charge in [0.2, 0.25) is 0 Å². The summed E-state index contributed by atoms with van der Waals surface area (Å²) < 4.78 is 5.32. The Morgan fingerprint density at radius 1 is 1.06 bits per heavy atom. The Labute approximate surface area is 198 Å². The van der Waals surface area contributed by atoms with Crippen LogP contribution in [-0.4, -0.2) is 35.5 Å². The van der Waals surface area contributed by atoms with E-state index in [1.165, 1.54) is 5.56 Å². The number of carbonyl (C=O) groups excluding carboxylic acids is 3. The first-order valence-electron chi connectivity index (χ1n) is 11.3. The van der Waals surface area contributed by atoms with Gasteiger partial charge in [0, 0.05) is 11.4 Å². The molecule has 2 N–H and O–H groups in total. The highest BCUT2D eigenvalue weighted by atomic mass is 16.5. The van der Waals surface area contributed by atoms with E-state index in [2.05, 4.69) is 41.0 Å². The molecule has 0 aliphatic heterocycles. The predicted octanol–water partition coefficient (Wildman–Crippen LogP) is 4.42. The fourth-order valence-corrected chi connectivity index (χ4v) is 4.04. The minimum atomic E-state index is -0.693. The molecule has 3 amide bonds. The third kappa shape index (κ3) is 5.14. The number of hydrogen-bond acceptors (Lipinski definition) is 5. The lowest BCUT2D eigenvalue weighted by Gasteiger charge is -2.13. The fourth-order valence-electron chi connectivity index (χ4n) is 4.04.